The van der Waals surface area contributed by atoms with Crippen molar-refractivity contribution in [3.63, 3.8) is 0 Å². The fraction of sp³-hybridized carbons (Fsp3) is 0.760. The maximum atomic E-state index is 12.7. The molecule has 0 spiro atoms. The summed E-state index contributed by atoms with van der Waals surface area (Å²) < 4.78 is 5.49. The second-order valence-electron chi connectivity index (χ2n) is 9.14. The zero-order valence-electron chi connectivity index (χ0n) is 19.5. The summed E-state index contributed by atoms with van der Waals surface area (Å²) in [5.74, 6) is 0.342. The summed E-state index contributed by atoms with van der Waals surface area (Å²) in [6.07, 6.45) is 14.4. The van der Waals surface area contributed by atoms with Crippen LogP contribution in [0.25, 0.3) is 0 Å². The Balaban J connectivity index is 1.84. The second kappa shape index (κ2) is 13.1. The van der Waals surface area contributed by atoms with Crippen LogP contribution in [-0.2, 0) is 22.4 Å². The molecular weight excluding hydrogens is 394 g/mol. The van der Waals surface area contributed by atoms with Crippen molar-refractivity contribution < 1.29 is 14.3 Å². The lowest BCUT2D eigenvalue weighted by Gasteiger charge is -2.18. The van der Waals surface area contributed by atoms with Crippen LogP contribution in [0.1, 0.15) is 119 Å². The molecular formula is C25H41NO3S. The molecule has 0 fully saturated rings. The van der Waals surface area contributed by atoms with Crippen molar-refractivity contribution in [1.29, 1.82) is 0 Å². The van der Waals surface area contributed by atoms with Crippen molar-refractivity contribution in [1.82, 2.24) is 0 Å². The third-order valence-corrected chi connectivity index (χ3v) is 6.99. The molecule has 0 saturated heterocycles. The van der Waals surface area contributed by atoms with Crippen LogP contribution in [-0.4, -0.2) is 18.0 Å². The Hall–Kier alpha value is -1.36. The number of hydrogen-bond acceptors (Lipinski definition) is 4. The van der Waals surface area contributed by atoms with Crippen LogP contribution < -0.4 is 5.32 Å². The Morgan fingerprint density at radius 2 is 1.70 bits per heavy atom. The van der Waals surface area contributed by atoms with E-state index in [1.165, 1.54) is 49.8 Å². The van der Waals surface area contributed by atoms with Gasteiger partial charge in [-0.25, -0.2) is 4.79 Å². The van der Waals surface area contributed by atoms with E-state index in [0.29, 0.717) is 22.9 Å². The van der Waals surface area contributed by atoms with Gasteiger partial charge in [-0.15, -0.1) is 11.3 Å². The van der Waals surface area contributed by atoms with Gasteiger partial charge in [0.15, 0.2) is 0 Å². The number of rotatable bonds is 13. The number of carbonyl (C=O) groups is 2. The minimum absolute atomic E-state index is 0.0168. The zero-order chi connectivity index (χ0) is 21.9. The molecule has 1 aliphatic carbocycles. The van der Waals surface area contributed by atoms with Gasteiger partial charge in [-0.2, -0.15) is 0 Å². The number of fused-ring (bicyclic) bond motifs is 1. The molecule has 1 amide bonds. The average molecular weight is 436 g/mol. The van der Waals surface area contributed by atoms with Gasteiger partial charge >= 0.3 is 5.97 Å². The Kier molecular flexibility index (Phi) is 10.9. The van der Waals surface area contributed by atoms with Crippen LogP contribution in [0.3, 0.4) is 0 Å². The first-order valence-corrected chi connectivity index (χ1v) is 12.9. The van der Waals surface area contributed by atoms with Crippen molar-refractivity contribution in [2.45, 2.75) is 117 Å². The van der Waals surface area contributed by atoms with Gasteiger partial charge < -0.3 is 10.1 Å². The predicted molar refractivity (Wildman–Crippen MR) is 127 cm³/mol. The van der Waals surface area contributed by atoms with E-state index in [1.54, 1.807) is 11.3 Å². The molecule has 1 aromatic heterocycles. The number of thiophene rings is 1. The molecule has 2 rings (SSSR count). The fourth-order valence-electron chi connectivity index (χ4n) is 4.11. The molecule has 1 unspecified atom stereocenters. The summed E-state index contributed by atoms with van der Waals surface area (Å²) >= 11 is 1.57. The van der Waals surface area contributed by atoms with E-state index in [-0.39, 0.29) is 18.0 Å². The Morgan fingerprint density at radius 1 is 1.07 bits per heavy atom. The summed E-state index contributed by atoms with van der Waals surface area (Å²) in [7, 11) is 0. The molecule has 0 bridgehead atoms. The molecule has 1 heterocycles. The maximum absolute atomic E-state index is 12.7. The Morgan fingerprint density at radius 3 is 2.33 bits per heavy atom. The normalized spacial score (nSPS) is 15.8. The molecule has 1 aromatic rings. The van der Waals surface area contributed by atoms with Crippen molar-refractivity contribution >= 4 is 28.2 Å². The quantitative estimate of drug-likeness (QED) is 0.261. The summed E-state index contributed by atoms with van der Waals surface area (Å²) in [5.41, 5.74) is 1.71. The van der Waals surface area contributed by atoms with E-state index in [2.05, 4.69) is 19.2 Å². The van der Waals surface area contributed by atoms with E-state index < -0.39 is 0 Å². The highest BCUT2D eigenvalue weighted by Gasteiger charge is 2.29. The molecule has 0 aromatic carbocycles. The van der Waals surface area contributed by atoms with E-state index in [4.69, 9.17) is 4.74 Å². The Labute approximate surface area is 187 Å². The molecule has 4 nitrogen and oxygen atoms in total. The lowest BCUT2D eigenvalue weighted by atomic mass is 9.88. The standard InChI is InChI=1S/C25H41NO3S/c1-5-6-7-8-9-10-11-12-13-14-22(27)26-24-23(25(28)29-18(2)3)20-16-15-19(4)17-21(20)30-24/h18-19H,5-17H2,1-4H3,(H,26,27). The zero-order valence-corrected chi connectivity index (χ0v) is 20.3. The van der Waals surface area contributed by atoms with Gasteiger partial charge in [0.2, 0.25) is 5.91 Å². The third-order valence-electron chi connectivity index (χ3n) is 5.82. The SMILES string of the molecule is CCCCCCCCCCCC(=O)Nc1sc2c(c1C(=O)OC(C)C)CCC(C)C2. The highest BCUT2D eigenvalue weighted by atomic mass is 32.1. The van der Waals surface area contributed by atoms with Crippen LogP contribution >= 0.6 is 11.3 Å². The highest BCUT2D eigenvalue weighted by molar-refractivity contribution is 7.17. The number of amides is 1. The van der Waals surface area contributed by atoms with E-state index in [0.717, 1.165) is 37.7 Å². The van der Waals surface area contributed by atoms with Crippen molar-refractivity contribution in [3.8, 4) is 0 Å². The maximum Gasteiger partial charge on any atom is 0.341 e. The number of carbonyl (C=O) groups excluding carboxylic acids is 2. The van der Waals surface area contributed by atoms with Gasteiger partial charge in [0.1, 0.15) is 5.00 Å². The highest BCUT2D eigenvalue weighted by Crippen LogP contribution is 2.40. The van der Waals surface area contributed by atoms with Gasteiger partial charge in [-0.3, -0.25) is 4.79 Å². The van der Waals surface area contributed by atoms with Crippen LogP contribution in [0, 0.1) is 5.92 Å². The molecule has 0 saturated carbocycles. The number of hydrogen-bond donors (Lipinski definition) is 1. The minimum Gasteiger partial charge on any atom is -0.459 e. The first-order chi connectivity index (χ1) is 14.4. The summed E-state index contributed by atoms with van der Waals surface area (Å²) in [5, 5.41) is 3.74. The van der Waals surface area contributed by atoms with Gasteiger partial charge in [-0.1, -0.05) is 65.2 Å². The number of anilines is 1. The first kappa shape index (κ1) is 24.9. The van der Waals surface area contributed by atoms with E-state index >= 15 is 0 Å². The smallest absolute Gasteiger partial charge is 0.341 e. The van der Waals surface area contributed by atoms with E-state index in [9.17, 15) is 9.59 Å². The number of esters is 1. The molecule has 1 aliphatic rings. The molecule has 1 atom stereocenters. The molecule has 170 valence electrons. The summed E-state index contributed by atoms with van der Waals surface area (Å²) in [6.45, 7) is 8.21. The lowest BCUT2D eigenvalue weighted by Crippen LogP contribution is -2.18. The molecule has 0 radical (unpaired) electrons. The molecule has 1 N–H and O–H groups in total. The van der Waals surface area contributed by atoms with Crippen LogP contribution in [0.2, 0.25) is 0 Å². The topological polar surface area (TPSA) is 55.4 Å². The van der Waals surface area contributed by atoms with Crippen molar-refractivity contribution in [2.75, 3.05) is 5.32 Å². The Bertz CT molecular complexity index is 680. The third kappa shape index (κ3) is 8.05. The van der Waals surface area contributed by atoms with Crippen molar-refractivity contribution in [3.05, 3.63) is 16.0 Å². The average Bonchev–Trinajstić information content (AvgIpc) is 3.02. The largest absolute Gasteiger partial charge is 0.459 e. The number of ether oxygens (including phenoxy) is 1. The van der Waals surface area contributed by atoms with E-state index in [1.807, 2.05) is 13.8 Å². The van der Waals surface area contributed by atoms with Crippen molar-refractivity contribution in [2.24, 2.45) is 5.92 Å². The molecule has 30 heavy (non-hydrogen) atoms. The van der Waals surface area contributed by atoms with Crippen LogP contribution in [0.4, 0.5) is 5.00 Å². The summed E-state index contributed by atoms with van der Waals surface area (Å²) in [6, 6.07) is 0. The van der Waals surface area contributed by atoms with Crippen LogP contribution in [0.5, 0.6) is 0 Å². The minimum atomic E-state index is -0.296. The monoisotopic (exact) mass is 435 g/mol. The number of unbranched alkanes of at least 4 members (excludes halogenated alkanes) is 8. The number of nitrogens with one attached hydrogen (secondary N) is 1. The second-order valence-corrected chi connectivity index (χ2v) is 10.2. The van der Waals surface area contributed by atoms with Gasteiger partial charge in [-0.05, 0) is 51.0 Å². The van der Waals surface area contributed by atoms with Gasteiger partial charge in [0.25, 0.3) is 0 Å². The van der Waals surface area contributed by atoms with Crippen LogP contribution in [0.15, 0.2) is 0 Å². The fourth-order valence-corrected chi connectivity index (χ4v) is 5.53. The van der Waals surface area contributed by atoms with Gasteiger partial charge in [0.05, 0.1) is 11.7 Å². The molecule has 0 aliphatic heterocycles. The first-order valence-electron chi connectivity index (χ1n) is 12.1. The predicted octanol–water partition coefficient (Wildman–Crippen LogP) is 7.30. The summed E-state index contributed by atoms with van der Waals surface area (Å²) in [4.78, 5) is 26.5. The molecule has 5 heteroatoms. The van der Waals surface area contributed by atoms with Gasteiger partial charge in [0, 0.05) is 11.3 Å². The lowest BCUT2D eigenvalue weighted by molar-refractivity contribution is -0.116.